The minimum atomic E-state index is -0.423. The van der Waals surface area contributed by atoms with Gasteiger partial charge < -0.3 is 10.1 Å². The van der Waals surface area contributed by atoms with Crippen LogP contribution in [0.3, 0.4) is 0 Å². The Balaban J connectivity index is 1.45. The summed E-state index contributed by atoms with van der Waals surface area (Å²) in [5.74, 6) is -0.734. The quantitative estimate of drug-likeness (QED) is 0.782. The van der Waals surface area contributed by atoms with Gasteiger partial charge in [0.15, 0.2) is 6.29 Å². The Bertz CT molecular complexity index is 725. The van der Waals surface area contributed by atoms with E-state index < -0.39 is 12.2 Å². The highest BCUT2D eigenvalue weighted by molar-refractivity contribution is 5.96. The summed E-state index contributed by atoms with van der Waals surface area (Å²) in [5.41, 5.74) is 4.92. The Morgan fingerprint density at radius 1 is 1.00 bits per heavy atom. The summed E-state index contributed by atoms with van der Waals surface area (Å²) in [6.07, 6.45) is 2.36. The predicted octanol–water partition coefficient (Wildman–Crippen LogP) is 2.66. The second kappa shape index (κ2) is 9.12. The van der Waals surface area contributed by atoms with Gasteiger partial charge in [-0.2, -0.15) is 0 Å². The first-order valence-electron chi connectivity index (χ1n) is 8.72. The number of benzene rings is 2. The summed E-state index contributed by atoms with van der Waals surface area (Å²) in [6.45, 7) is 0.474. The van der Waals surface area contributed by atoms with Gasteiger partial charge in [0.05, 0.1) is 6.54 Å². The van der Waals surface area contributed by atoms with E-state index in [1.165, 1.54) is 0 Å². The van der Waals surface area contributed by atoms with Crippen molar-refractivity contribution in [2.24, 2.45) is 0 Å². The molecule has 6 heteroatoms. The maximum absolute atomic E-state index is 12.1. The zero-order valence-corrected chi connectivity index (χ0v) is 14.4. The fourth-order valence-electron chi connectivity index (χ4n) is 2.68. The number of rotatable bonds is 6. The fraction of sp³-hybridized carbons (Fsp3) is 0.300. The van der Waals surface area contributed by atoms with Crippen LogP contribution in [0.25, 0.3) is 11.1 Å². The lowest BCUT2D eigenvalue weighted by Crippen LogP contribution is -2.39. The molecule has 1 aliphatic heterocycles. The molecule has 1 atom stereocenters. The monoisotopic (exact) mass is 354 g/mol. The van der Waals surface area contributed by atoms with Crippen molar-refractivity contribution in [1.82, 2.24) is 10.8 Å². The van der Waals surface area contributed by atoms with Crippen LogP contribution in [0.4, 0.5) is 0 Å². The molecule has 0 radical (unpaired) electrons. The lowest BCUT2D eigenvalue weighted by Gasteiger charge is -2.22. The summed E-state index contributed by atoms with van der Waals surface area (Å²) in [5, 5.41) is 2.57. The number of hydrogen-bond acceptors (Lipinski definition) is 4. The van der Waals surface area contributed by atoms with Crippen LogP contribution in [0.15, 0.2) is 54.6 Å². The first kappa shape index (κ1) is 18.1. The summed E-state index contributed by atoms with van der Waals surface area (Å²) in [4.78, 5) is 29.1. The second-order valence-electron chi connectivity index (χ2n) is 6.07. The molecule has 0 spiro atoms. The Kier molecular flexibility index (Phi) is 6.35. The predicted molar refractivity (Wildman–Crippen MR) is 97.0 cm³/mol. The zero-order valence-electron chi connectivity index (χ0n) is 14.4. The lowest BCUT2D eigenvalue weighted by molar-refractivity contribution is -0.200. The molecule has 0 aromatic heterocycles. The number of hydrogen-bond donors (Lipinski definition) is 2. The maximum atomic E-state index is 12.1. The smallest absolute Gasteiger partial charge is 0.263 e. The minimum absolute atomic E-state index is 0.161. The van der Waals surface area contributed by atoms with Crippen LogP contribution in [-0.4, -0.2) is 31.3 Å². The first-order chi connectivity index (χ1) is 12.7. The highest BCUT2D eigenvalue weighted by Crippen LogP contribution is 2.19. The standard InChI is InChI=1S/C20H22N2O4/c23-18(22-26-19-8-4-5-13-25-19)14-21-20(24)17-11-9-16(10-12-17)15-6-2-1-3-7-15/h1-3,6-7,9-12,19H,4-5,8,13-14H2,(H,21,24)(H,22,23)/t19-/m0/s1. The van der Waals surface area contributed by atoms with E-state index in [4.69, 9.17) is 9.57 Å². The van der Waals surface area contributed by atoms with Crippen LogP contribution >= 0.6 is 0 Å². The molecule has 0 saturated carbocycles. The van der Waals surface area contributed by atoms with Crippen molar-refractivity contribution in [1.29, 1.82) is 0 Å². The van der Waals surface area contributed by atoms with Gasteiger partial charge in [0, 0.05) is 18.6 Å². The van der Waals surface area contributed by atoms with Crippen molar-refractivity contribution in [3.05, 3.63) is 60.2 Å². The molecule has 2 N–H and O–H groups in total. The molecule has 1 aliphatic rings. The van der Waals surface area contributed by atoms with Crippen molar-refractivity contribution in [3.8, 4) is 11.1 Å². The Hall–Kier alpha value is -2.70. The number of carbonyl (C=O) groups is 2. The molecule has 2 amide bonds. The third-order valence-corrected chi connectivity index (χ3v) is 4.11. The number of hydroxylamine groups is 1. The molecule has 2 aromatic carbocycles. The second-order valence-corrected chi connectivity index (χ2v) is 6.07. The number of nitrogens with one attached hydrogen (secondary N) is 2. The van der Waals surface area contributed by atoms with E-state index in [0.29, 0.717) is 12.2 Å². The van der Waals surface area contributed by atoms with Crippen molar-refractivity contribution < 1.29 is 19.2 Å². The van der Waals surface area contributed by atoms with E-state index in [-0.39, 0.29) is 12.5 Å². The topological polar surface area (TPSA) is 76.7 Å². The molecule has 3 rings (SSSR count). The molecule has 2 aromatic rings. The molecule has 26 heavy (non-hydrogen) atoms. The van der Waals surface area contributed by atoms with E-state index >= 15 is 0 Å². The molecule has 136 valence electrons. The van der Waals surface area contributed by atoms with Gasteiger partial charge in [-0.25, -0.2) is 10.3 Å². The van der Waals surface area contributed by atoms with Gasteiger partial charge in [-0.3, -0.25) is 9.59 Å². The van der Waals surface area contributed by atoms with E-state index in [1.54, 1.807) is 12.1 Å². The number of amides is 2. The highest BCUT2D eigenvalue weighted by Gasteiger charge is 2.16. The lowest BCUT2D eigenvalue weighted by atomic mass is 10.0. The fourth-order valence-corrected chi connectivity index (χ4v) is 2.68. The zero-order chi connectivity index (χ0) is 18.2. The highest BCUT2D eigenvalue weighted by atomic mass is 16.8. The average molecular weight is 354 g/mol. The number of ether oxygens (including phenoxy) is 1. The first-order valence-corrected chi connectivity index (χ1v) is 8.72. The van der Waals surface area contributed by atoms with Gasteiger partial charge in [-0.05, 0) is 36.1 Å². The molecular formula is C20H22N2O4. The van der Waals surface area contributed by atoms with E-state index in [2.05, 4.69) is 10.8 Å². The van der Waals surface area contributed by atoms with Gasteiger partial charge >= 0.3 is 0 Å². The van der Waals surface area contributed by atoms with Gasteiger partial charge in [-0.1, -0.05) is 42.5 Å². The minimum Gasteiger partial charge on any atom is -0.350 e. The van der Waals surface area contributed by atoms with Gasteiger partial charge in [-0.15, -0.1) is 0 Å². The summed E-state index contributed by atoms with van der Waals surface area (Å²) in [6, 6.07) is 17.2. The van der Waals surface area contributed by atoms with Crippen LogP contribution in [0.5, 0.6) is 0 Å². The summed E-state index contributed by atoms with van der Waals surface area (Å²) >= 11 is 0. The molecular weight excluding hydrogens is 332 g/mol. The largest absolute Gasteiger partial charge is 0.350 e. The molecule has 1 fully saturated rings. The van der Waals surface area contributed by atoms with Crippen molar-refractivity contribution in [3.63, 3.8) is 0 Å². The van der Waals surface area contributed by atoms with Crippen LogP contribution in [-0.2, 0) is 14.4 Å². The summed E-state index contributed by atoms with van der Waals surface area (Å²) in [7, 11) is 0. The third-order valence-electron chi connectivity index (χ3n) is 4.11. The molecule has 6 nitrogen and oxygen atoms in total. The van der Waals surface area contributed by atoms with Crippen LogP contribution in [0.2, 0.25) is 0 Å². The van der Waals surface area contributed by atoms with Gasteiger partial charge in [0.1, 0.15) is 0 Å². The number of carbonyl (C=O) groups excluding carboxylic acids is 2. The van der Waals surface area contributed by atoms with Crippen molar-refractivity contribution in [2.45, 2.75) is 25.6 Å². The molecule has 0 unspecified atom stereocenters. The third kappa shape index (κ3) is 5.15. The van der Waals surface area contributed by atoms with Crippen molar-refractivity contribution in [2.75, 3.05) is 13.2 Å². The van der Waals surface area contributed by atoms with Crippen LogP contribution in [0.1, 0.15) is 29.6 Å². The van der Waals surface area contributed by atoms with Crippen LogP contribution < -0.4 is 10.8 Å². The SMILES string of the molecule is O=C(CNC(=O)c1ccc(-c2ccccc2)cc1)NO[C@H]1CCCCO1. The summed E-state index contributed by atoms with van der Waals surface area (Å²) < 4.78 is 5.35. The molecule has 1 saturated heterocycles. The molecule has 0 bridgehead atoms. The average Bonchev–Trinajstić information content (AvgIpc) is 2.72. The normalized spacial score (nSPS) is 16.7. The Morgan fingerprint density at radius 3 is 2.42 bits per heavy atom. The van der Waals surface area contributed by atoms with Gasteiger partial charge in [0.2, 0.25) is 0 Å². The van der Waals surface area contributed by atoms with E-state index in [1.807, 2.05) is 42.5 Å². The molecule has 1 heterocycles. The Morgan fingerprint density at radius 2 is 1.73 bits per heavy atom. The van der Waals surface area contributed by atoms with Crippen LogP contribution in [0, 0.1) is 0 Å². The van der Waals surface area contributed by atoms with E-state index in [0.717, 1.165) is 30.4 Å². The van der Waals surface area contributed by atoms with Gasteiger partial charge in [0.25, 0.3) is 11.8 Å². The van der Waals surface area contributed by atoms with Crippen molar-refractivity contribution >= 4 is 11.8 Å². The van der Waals surface area contributed by atoms with E-state index in [9.17, 15) is 9.59 Å². The maximum Gasteiger partial charge on any atom is 0.263 e. The Labute approximate surface area is 152 Å². The molecule has 0 aliphatic carbocycles.